The van der Waals surface area contributed by atoms with Gasteiger partial charge in [0.05, 0.1) is 17.8 Å². The molecule has 0 aliphatic rings. The van der Waals surface area contributed by atoms with E-state index in [1.54, 1.807) is 19.2 Å². The van der Waals surface area contributed by atoms with E-state index in [0.29, 0.717) is 11.2 Å². The lowest BCUT2D eigenvalue weighted by Gasteiger charge is -2.07. The van der Waals surface area contributed by atoms with Gasteiger partial charge in [-0.1, -0.05) is 18.2 Å². The van der Waals surface area contributed by atoms with Gasteiger partial charge in [0.2, 0.25) is 5.91 Å². The van der Waals surface area contributed by atoms with Gasteiger partial charge in [-0.05, 0) is 19.1 Å². The summed E-state index contributed by atoms with van der Waals surface area (Å²) in [6.07, 6.45) is 1.36. The van der Waals surface area contributed by atoms with Crippen LogP contribution in [-0.4, -0.2) is 23.5 Å². The zero-order valence-corrected chi connectivity index (χ0v) is 10.6. The van der Waals surface area contributed by atoms with Crippen LogP contribution in [0.3, 0.4) is 0 Å². The molecule has 0 saturated heterocycles. The summed E-state index contributed by atoms with van der Waals surface area (Å²) >= 11 is 0. The number of carbonyl (C=O) groups is 2. The van der Waals surface area contributed by atoms with E-state index in [2.05, 4.69) is 10.3 Å². The topological polar surface area (TPSA) is 68.3 Å². The van der Waals surface area contributed by atoms with Crippen LogP contribution in [-0.2, 0) is 14.3 Å². The van der Waals surface area contributed by atoms with Crippen LogP contribution in [0.1, 0.15) is 13.3 Å². The van der Waals surface area contributed by atoms with Crippen molar-refractivity contribution >= 4 is 28.5 Å². The van der Waals surface area contributed by atoms with Crippen molar-refractivity contribution in [2.24, 2.45) is 0 Å². The fraction of sp³-hybridized carbons (Fsp3) is 0.214. The maximum atomic E-state index is 11.7. The average molecular weight is 258 g/mol. The standard InChI is InChI=1S/C14H14N2O3/c1-2-19-13(18)9-12(17)16-11-7-3-5-10-6-4-8-15-14(10)11/h3-8H,2,9H2,1H3,(H,16,17). The second-order valence-electron chi connectivity index (χ2n) is 3.91. The first-order chi connectivity index (χ1) is 9.20. The molecular formula is C14H14N2O3. The lowest BCUT2D eigenvalue weighted by atomic mass is 10.2. The molecule has 0 aliphatic carbocycles. The van der Waals surface area contributed by atoms with Crippen LogP contribution < -0.4 is 5.32 Å². The lowest BCUT2D eigenvalue weighted by Crippen LogP contribution is -2.18. The monoisotopic (exact) mass is 258 g/mol. The number of para-hydroxylation sites is 1. The van der Waals surface area contributed by atoms with Gasteiger partial charge in [-0.3, -0.25) is 14.6 Å². The molecule has 1 aromatic carbocycles. The highest BCUT2D eigenvalue weighted by molar-refractivity contribution is 6.05. The minimum atomic E-state index is -0.534. The summed E-state index contributed by atoms with van der Waals surface area (Å²) in [6.45, 7) is 1.96. The predicted molar refractivity (Wildman–Crippen MR) is 71.6 cm³/mol. The molecule has 0 bridgehead atoms. The van der Waals surface area contributed by atoms with Crippen LogP contribution in [0.25, 0.3) is 10.9 Å². The number of carbonyl (C=O) groups excluding carboxylic acids is 2. The molecule has 1 N–H and O–H groups in total. The van der Waals surface area contributed by atoms with E-state index in [4.69, 9.17) is 4.74 Å². The first-order valence-electron chi connectivity index (χ1n) is 6.00. The molecule has 5 heteroatoms. The zero-order valence-electron chi connectivity index (χ0n) is 10.6. The molecule has 0 spiro atoms. The van der Waals surface area contributed by atoms with Crippen LogP contribution in [0.15, 0.2) is 36.5 Å². The van der Waals surface area contributed by atoms with Gasteiger partial charge in [-0.25, -0.2) is 0 Å². The van der Waals surface area contributed by atoms with Gasteiger partial charge in [0.15, 0.2) is 0 Å². The van der Waals surface area contributed by atoms with E-state index in [1.165, 1.54) is 0 Å². The van der Waals surface area contributed by atoms with Crippen molar-refractivity contribution in [3.05, 3.63) is 36.5 Å². The van der Waals surface area contributed by atoms with Crippen molar-refractivity contribution in [1.29, 1.82) is 0 Å². The van der Waals surface area contributed by atoms with Crippen molar-refractivity contribution in [3.63, 3.8) is 0 Å². The Morgan fingerprint density at radius 1 is 1.26 bits per heavy atom. The number of hydrogen-bond acceptors (Lipinski definition) is 4. The highest BCUT2D eigenvalue weighted by Crippen LogP contribution is 2.20. The normalized spacial score (nSPS) is 10.2. The summed E-state index contributed by atoms with van der Waals surface area (Å²) in [6, 6.07) is 9.21. The number of esters is 1. The lowest BCUT2D eigenvalue weighted by molar-refractivity contribution is -0.145. The zero-order chi connectivity index (χ0) is 13.7. The van der Waals surface area contributed by atoms with Gasteiger partial charge < -0.3 is 10.1 Å². The summed E-state index contributed by atoms with van der Waals surface area (Å²) in [7, 11) is 0. The number of fused-ring (bicyclic) bond motifs is 1. The van der Waals surface area contributed by atoms with Gasteiger partial charge in [0, 0.05) is 11.6 Å². The fourth-order valence-corrected chi connectivity index (χ4v) is 1.74. The minimum absolute atomic E-state index is 0.266. The second-order valence-corrected chi connectivity index (χ2v) is 3.91. The highest BCUT2D eigenvalue weighted by atomic mass is 16.5. The van der Waals surface area contributed by atoms with E-state index in [0.717, 1.165) is 5.39 Å². The maximum Gasteiger partial charge on any atom is 0.315 e. The molecule has 1 aromatic heterocycles. The molecule has 0 radical (unpaired) electrons. The molecule has 0 fully saturated rings. The number of anilines is 1. The first kappa shape index (κ1) is 13.0. The van der Waals surface area contributed by atoms with E-state index >= 15 is 0 Å². The number of benzene rings is 1. The number of nitrogens with one attached hydrogen (secondary N) is 1. The Labute approximate surface area is 110 Å². The Balaban J connectivity index is 2.13. The molecule has 2 rings (SSSR count). The second kappa shape index (κ2) is 5.95. The number of pyridine rings is 1. The van der Waals surface area contributed by atoms with Crippen LogP contribution >= 0.6 is 0 Å². The molecule has 1 heterocycles. The quantitative estimate of drug-likeness (QED) is 0.673. The van der Waals surface area contributed by atoms with Crippen LogP contribution in [0.4, 0.5) is 5.69 Å². The molecule has 0 saturated carbocycles. The molecule has 0 atom stereocenters. The third-order valence-electron chi connectivity index (χ3n) is 2.52. The van der Waals surface area contributed by atoms with Gasteiger partial charge in [-0.15, -0.1) is 0 Å². The Morgan fingerprint density at radius 2 is 2.05 bits per heavy atom. The van der Waals surface area contributed by atoms with Crippen molar-refractivity contribution in [1.82, 2.24) is 4.98 Å². The summed E-state index contributed by atoms with van der Waals surface area (Å²) in [4.78, 5) is 27.1. The number of ether oxygens (including phenoxy) is 1. The SMILES string of the molecule is CCOC(=O)CC(=O)Nc1cccc2cccnc12. The van der Waals surface area contributed by atoms with Crippen molar-refractivity contribution in [2.75, 3.05) is 11.9 Å². The molecular weight excluding hydrogens is 244 g/mol. The number of rotatable bonds is 4. The highest BCUT2D eigenvalue weighted by Gasteiger charge is 2.11. The van der Waals surface area contributed by atoms with Gasteiger partial charge in [0.25, 0.3) is 0 Å². The van der Waals surface area contributed by atoms with E-state index in [9.17, 15) is 9.59 Å². The summed E-state index contributed by atoms with van der Waals surface area (Å²) in [5, 5.41) is 3.60. The average Bonchev–Trinajstić information content (AvgIpc) is 2.39. The van der Waals surface area contributed by atoms with Gasteiger partial charge in [-0.2, -0.15) is 0 Å². The Hall–Kier alpha value is -2.43. The number of hydrogen-bond donors (Lipinski definition) is 1. The third kappa shape index (κ3) is 3.28. The van der Waals surface area contributed by atoms with Crippen molar-refractivity contribution < 1.29 is 14.3 Å². The van der Waals surface area contributed by atoms with Gasteiger partial charge in [0.1, 0.15) is 6.42 Å². The maximum absolute atomic E-state index is 11.7. The third-order valence-corrected chi connectivity index (χ3v) is 2.52. The Morgan fingerprint density at radius 3 is 2.84 bits per heavy atom. The number of aromatic nitrogens is 1. The fourth-order valence-electron chi connectivity index (χ4n) is 1.74. The molecule has 19 heavy (non-hydrogen) atoms. The molecule has 5 nitrogen and oxygen atoms in total. The minimum Gasteiger partial charge on any atom is -0.466 e. The van der Waals surface area contributed by atoms with E-state index in [-0.39, 0.29) is 13.0 Å². The summed E-state index contributed by atoms with van der Waals surface area (Å²) < 4.78 is 4.72. The summed E-state index contributed by atoms with van der Waals surface area (Å²) in [5.41, 5.74) is 1.29. The summed E-state index contributed by atoms with van der Waals surface area (Å²) in [5.74, 6) is -0.940. The largest absolute Gasteiger partial charge is 0.466 e. The molecule has 98 valence electrons. The first-order valence-corrected chi connectivity index (χ1v) is 6.00. The van der Waals surface area contributed by atoms with Crippen LogP contribution in [0, 0.1) is 0 Å². The Kier molecular flexibility index (Phi) is 4.07. The Bertz CT molecular complexity index is 605. The van der Waals surface area contributed by atoms with Crippen molar-refractivity contribution in [3.8, 4) is 0 Å². The van der Waals surface area contributed by atoms with E-state index < -0.39 is 11.9 Å². The molecule has 0 aliphatic heterocycles. The van der Waals surface area contributed by atoms with E-state index in [1.807, 2.05) is 24.3 Å². The van der Waals surface area contributed by atoms with Crippen molar-refractivity contribution in [2.45, 2.75) is 13.3 Å². The molecule has 2 aromatic rings. The van der Waals surface area contributed by atoms with Gasteiger partial charge >= 0.3 is 5.97 Å². The van der Waals surface area contributed by atoms with Crippen LogP contribution in [0.2, 0.25) is 0 Å². The molecule has 0 unspecified atom stereocenters. The smallest absolute Gasteiger partial charge is 0.315 e. The number of amides is 1. The molecule has 1 amide bonds. The van der Waals surface area contributed by atoms with Crippen LogP contribution in [0.5, 0.6) is 0 Å². The predicted octanol–water partition coefficient (Wildman–Crippen LogP) is 2.13. The number of nitrogens with zero attached hydrogens (tertiary/aromatic N) is 1.